The van der Waals surface area contributed by atoms with Gasteiger partial charge in [0, 0.05) is 18.8 Å². The first-order chi connectivity index (χ1) is 11.7. The van der Waals surface area contributed by atoms with Crippen LogP contribution in [0.4, 0.5) is 0 Å². The highest BCUT2D eigenvalue weighted by atomic mass is 16.2. The molecule has 5 heteroatoms. The molecule has 0 bridgehead atoms. The van der Waals surface area contributed by atoms with E-state index in [0.717, 1.165) is 38.8 Å². The van der Waals surface area contributed by atoms with Gasteiger partial charge in [-0.3, -0.25) is 9.48 Å². The monoisotopic (exact) mass is 326 g/mol. The highest BCUT2D eigenvalue weighted by Crippen LogP contribution is 2.15. The summed E-state index contributed by atoms with van der Waals surface area (Å²) in [5, 5.41) is 10.9. The van der Waals surface area contributed by atoms with E-state index >= 15 is 0 Å². The molecule has 1 aromatic heterocycles. The van der Waals surface area contributed by atoms with Crippen molar-refractivity contribution < 1.29 is 4.79 Å². The van der Waals surface area contributed by atoms with Crippen molar-refractivity contribution in [2.75, 3.05) is 13.1 Å². The Balaban J connectivity index is 1.50. The van der Waals surface area contributed by atoms with Crippen LogP contribution in [0.3, 0.4) is 0 Å². The number of carbonyl (C=O) groups is 1. The van der Waals surface area contributed by atoms with Crippen LogP contribution >= 0.6 is 0 Å². The highest BCUT2D eigenvalue weighted by molar-refractivity contribution is 5.92. The lowest BCUT2D eigenvalue weighted by Gasteiger charge is -2.22. The summed E-state index contributed by atoms with van der Waals surface area (Å²) in [7, 11) is 0. The van der Waals surface area contributed by atoms with Gasteiger partial charge >= 0.3 is 0 Å². The summed E-state index contributed by atoms with van der Waals surface area (Å²) in [5.41, 5.74) is 1.81. The van der Waals surface area contributed by atoms with Crippen molar-refractivity contribution in [2.24, 2.45) is 0 Å². The fraction of sp³-hybridized carbons (Fsp3) is 0.474. The second kappa shape index (κ2) is 8.11. The molecule has 5 nitrogen and oxygen atoms in total. The van der Waals surface area contributed by atoms with Crippen molar-refractivity contribution in [2.45, 2.75) is 44.7 Å². The zero-order chi connectivity index (χ0) is 16.8. The van der Waals surface area contributed by atoms with Crippen LogP contribution in [0.25, 0.3) is 0 Å². The lowest BCUT2D eigenvalue weighted by atomic mass is 10.1. The number of rotatable bonds is 6. The molecule has 2 unspecified atom stereocenters. The van der Waals surface area contributed by atoms with Gasteiger partial charge in [0.1, 0.15) is 5.69 Å². The third-order valence-electron chi connectivity index (χ3n) is 4.57. The average molecular weight is 326 g/mol. The van der Waals surface area contributed by atoms with Gasteiger partial charge in [-0.15, -0.1) is 0 Å². The van der Waals surface area contributed by atoms with Crippen LogP contribution in [0.2, 0.25) is 0 Å². The number of benzene rings is 1. The SMILES string of the molecule is CC(CCc1ccccc1)NC(=O)c1ccn(C2CCCNC2)n1. The normalized spacial score (nSPS) is 19.0. The molecule has 2 aromatic rings. The minimum absolute atomic E-state index is 0.0851. The maximum Gasteiger partial charge on any atom is 0.271 e. The fourth-order valence-corrected chi connectivity index (χ4v) is 3.12. The van der Waals surface area contributed by atoms with Gasteiger partial charge in [0.25, 0.3) is 5.91 Å². The number of nitrogens with zero attached hydrogens (tertiary/aromatic N) is 2. The number of amides is 1. The summed E-state index contributed by atoms with van der Waals surface area (Å²) < 4.78 is 1.93. The highest BCUT2D eigenvalue weighted by Gasteiger charge is 2.18. The van der Waals surface area contributed by atoms with E-state index in [1.54, 1.807) is 0 Å². The van der Waals surface area contributed by atoms with E-state index in [4.69, 9.17) is 0 Å². The number of piperidine rings is 1. The average Bonchev–Trinajstić information content (AvgIpc) is 3.12. The van der Waals surface area contributed by atoms with Crippen molar-refractivity contribution in [3.63, 3.8) is 0 Å². The van der Waals surface area contributed by atoms with Crippen LogP contribution in [0, 0.1) is 0 Å². The fourth-order valence-electron chi connectivity index (χ4n) is 3.12. The first-order valence-corrected chi connectivity index (χ1v) is 8.83. The van der Waals surface area contributed by atoms with E-state index in [9.17, 15) is 4.79 Å². The molecule has 0 radical (unpaired) electrons. The zero-order valence-electron chi connectivity index (χ0n) is 14.2. The number of hydrogen-bond acceptors (Lipinski definition) is 3. The second-order valence-electron chi connectivity index (χ2n) is 6.58. The molecule has 0 spiro atoms. The lowest BCUT2D eigenvalue weighted by molar-refractivity contribution is 0.0932. The minimum Gasteiger partial charge on any atom is -0.348 e. The number of hydrogen-bond donors (Lipinski definition) is 2. The third kappa shape index (κ3) is 4.45. The summed E-state index contributed by atoms with van der Waals surface area (Å²) in [4.78, 5) is 12.4. The molecule has 0 aliphatic carbocycles. The Morgan fingerprint density at radius 3 is 2.96 bits per heavy atom. The predicted molar refractivity (Wildman–Crippen MR) is 95.1 cm³/mol. The first-order valence-electron chi connectivity index (χ1n) is 8.83. The predicted octanol–water partition coefficient (Wildman–Crippen LogP) is 2.56. The topological polar surface area (TPSA) is 59.0 Å². The van der Waals surface area contributed by atoms with E-state index in [1.807, 2.05) is 42.1 Å². The molecule has 1 fully saturated rings. The summed E-state index contributed by atoms with van der Waals surface area (Å²) in [6, 6.07) is 12.6. The Labute approximate surface area is 143 Å². The molecule has 128 valence electrons. The van der Waals surface area contributed by atoms with Crippen molar-refractivity contribution in [1.82, 2.24) is 20.4 Å². The number of nitrogens with one attached hydrogen (secondary N) is 2. The Kier molecular flexibility index (Phi) is 5.64. The van der Waals surface area contributed by atoms with E-state index in [-0.39, 0.29) is 11.9 Å². The zero-order valence-corrected chi connectivity index (χ0v) is 14.2. The number of carbonyl (C=O) groups excluding carboxylic acids is 1. The van der Waals surface area contributed by atoms with Gasteiger partial charge in [0.2, 0.25) is 0 Å². The minimum atomic E-state index is -0.0851. The van der Waals surface area contributed by atoms with Gasteiger partial charge in [0.15, 0.2) is 0 Å². The first kappa shape index (κ1) is 16.7. The van der Waals surface area contributed by atoms with Gasteiger partial charge < -0.3 is 10.6 Å². The molecular formula is C19H26N4O. The van der Waals surface area contributed by atoms with Gasteiger partial charge in [-0.2, -0.15) is 5.10 Å². The summed E-state index contributed by atoms with van der Waals surface area (Å²) in [6.45, 7) is 4.04. The maximum atomic E-state index is 12.4. The molecule has 1 aliphatic rings. The smallest absolute Gasteiger partial charge is 0.271 e. The van der Waals surface area contributed by atoms with Gasteiger partial charge in [-0.05, 0) is 50.8 Å². The Hall–Kier alpha value is -2.14. The standard InChI is InChI=1S/C19H26N4O/c1-15(9-10-16-6-3-2-4-7-16)21-19(24)18-11-13-23(22-18)17-8-5-12-20-14-17/h2-4,6-7,11,13,15,17,20H,5,8-10,12,14H2,1H3,(H,21,24). The van der Waals surface area contributed by atoms with Gasteiger partial charge in [0.05, 0.1) is 6.04 Å². The summed E-state index contributed by atoms with van der Waals surface area (Å²) >= 11 is 0. The molecular weight excluding hydrogens is 300 g/mol. The summed E-state index contributed by atoms with van der Waals surface area (Å²) in [6.07, 6.45) is 6.07. The van der Waals surface area contributed by atoms with E-state index in [0.29, 0.717) is 11.7 Å². The van der Waals surface area contributed by atoms with E-state index < -0.39 is 0 Å². The molecule has 1 aliphatic heterocycles. The number of aryl methyl sites for hydroxylation is 1. The number of aromatic nitrogens is 2. The maximum absolute atomic E-state index is 12.4. The van der Waals surface area contributed by atoms with Crippen LogP contribution < -0.4 is 10.6 Å². The molecule has 2 heterocycles. The summed E-state index contributed by atoms with van der Waals surface area (Å²) in [5.74, 6) is -0.0851. The Morgan fingerprint density at radius 2 is 2.21 bits per heavy atom. The van der Waals surface area contributed by atoms with E-state index in [1.165, 1.54) is 5.56 Å². The largest absolute Gasteiger partial charge is 0.348 e. The van der Waals surface area contributed by atoms with Crippen LogP contribution in [0.1, 0.15) is 48.3 Å². The quantitative estimate of drug-likeness (QED) is 0.858. The van der Waals surface area contributed by atoms with Gasteiger partial charge in [-0.25, -0.2) is 0 Å². The van der Waals surface area contributed by atoms with Crippen LogP contribution in [0.5, 0.6) is 0 Å². The molecule has 2 atom stereocenters. The van der Waals surface area contributed by atoms with Crippen molar-refractivity contribution >= 4 is 5.91 Å². The molecule has 1 saturated heterocycles. The Morgan fingerprint density at radius 1 is 1.38 bits per heavy atom. The molecule has 2 N–H and O–H groups in total. The van der Waals surface area contributed by atoms with Crippen molar-refractivity contribution in [3.05, 3.63) is 53.9 Å². The molecule has 1 aromatic carbocycles. The van der Waals surface area contributed by atoms with Crippen LogP contribution in [-0.4, -0.2) is 34.8 Å². The molecule has 3 rings (SSSR count). The molecule has 24 heavy (non-hydrogen) atoms. The van der Waals surface area contributed by atoms with Gasteiger partial charge in [-0.1, -0.05) is 30.3 Å². The molecule has 1 amide bonds. The van der Waals surface area contributed by atoms with Crippen molar-refractivity contribution in [1.29, 1.82) is 0 Å². The second-order valence-corrected chi connectivity index (χ2v) is 6.58. The molecule has 0 saturated carbocycles. The van der Waals surface area contributed by atoms with Crippen molar-refractivity contribution in [3.8, 4) is 0 Å². The van der Waals surface area contributed by atoms with Crippen LogP contribution in [0.15, 0.2) is 42.6 Å². The van der Waals surface area contributed by atoms with Crippen LogP contribution in [-0.2, 0) is 6.42 Å². The third-order valence-corrected chi connectivity index (χ3v) is 4.57. The Bertz CT molecular complexity index is 646. The lowest BCUT2D eigenvalue weighted by Crippen LogP contribution is -2.34. The van der Waals surface area contributed by atoms with E-state index in [2.05, 4.69) is 27.9 Å².